The normalized spacial score (nSPS) is 18.0. The lowest BCUT2D eigenvalue weighted by Gasteiger charge is -2.30. The van der Waals surface area contributed by atoms with E-state index in [-0.39, 0.29) is 17.6 Å². The highest BCUT2D eigenvalue weighted by Crippen LogP contribution is 2.34. The molecule has 2 rings (SSSR count). The van der Waals surface area contributed by atoms with Crippen LogP contribution in [0.3, 0.4) is 0 Å². The molecular formula is C15H18N2O4S. The molecule has 1 aromatic rings. The maximum absolute atomic E-state index is 12.4. The van der Waals surface area contributed by atoms with Crippen LogP contribution in [0, 0.1) is 0 Å². The third-order valence-electron chi connectivity index (χ3n) is 3.16. The average Bonchev–Trinajstić information content (AvgIpc) is 2.36. The molecule has 1 unspecified atom stereocenters. The van der Waals surface area contributed by atoms with E-state index in [0.717, 1.165) is 0 Å². The number of esters is 1. The number of benzene rings is 1. The SMILES string of the molecule is CC1=C(C(=O)OC(C)C)C(c2ccc(O)cc2O)NC(=S)N1. The first-order valence-electron chi connectivity index (χ1n) is 6.80. The fourth-order valence-corrected chi connectivity index (χ4v) is 2.52. The van der Waals surface area contributed by atoms with E-state index >= 15 is 0 Å². The van der Waals surface area contributed by atoms with Crippen molar-refractivity contribution >= 4 is 23.3 Å². The lowest BCUT2D eigenvalue weighted by atomic mass is 9.95. The third kappa shape index (κ3) is 3.30. The number of phenols is 2. The summed E-state index contributed by atoms with van der Waals surface area (Å²) in [5, 5.41) is 25.6. The highest BCUT2D eigenvalue weighted by molar-refractivity contribution is 7.80. The summed E-state index contributed by atoms with van der Waals surface area (Å²) < 4.78 is 5.26. The van der Waals surface area contributed by atoms with Crippen molar-refractivity contribution < 1.29 is 19.7 Å². The molecule has 0 saturated heterocycles. The zero-order valence-corrected chi connectivity index (χ0v) is 13.3. The molecule has 0 aliphatic carbocycles. The molecule has 0 radical (unpaired) electrons. The van der Waals surface area contributed by atoms with Crippen LogP contribution in [0.15, 0.2) is 29.5 Å². The standard InChI is InChI=1S/C15H18N2O4S/c1-7(2)21-14(20)12-8(3)16-15(22)17-13(12)10-5-4-9(18)6-11(10)19/h4-7,13,18-19H,1-3H3,(H2,16,17,22). The van der Waals surface area contributed by atoms with E-state index in [1.54, 1.807) is 20.8 Å². The number of phenolic OH excluding ortho intramolecular Hbond substituents is 2. The van der Waals surface area contributed by atoms with Gasteiger partial charge < -0.3 is 25.6 Å². The number of carbonyl (C=O) groups is 1. The van der Waals surface area contributed by atoms with Gasteiger partial charge in [-0.1, -0.05) is 0 Å². The second kappa shape index (κ2) is 6.23. The monoisotopic (exact) mass is 322 g/mol. The van der Waals surface area contributed by atoms with Crippen LogP contribution in [0.25, 0.3) is 0 Å². The van der Waals surface area contributed by atoms with E-state index in [2.05, 4.69) is 10.6 Å². The first-order valence-corrected chi connectivity index (χ1v) is 7.21. The maximum atomic E-state index is 12.4. The van der Waals surface area contributed by atoms with Crippen LogP contribution in [0.2, 0.25) is 0 Å². The van der Waals surface area contributed by atoms with E-state index in [1.807, 2.05) is 0 Å². The van der Waals surface area contributed by atoms with Gasteiger partial charge in [-0.3, -0.25) is 0 Å². The minimum Gasteiger partial charge on any atom is -0.508 e. The van der Waals surface area contributed by atoms with Gasteiger partial charge in [-0.25, -0.2) is 4.79 Å². The summed E-state index contributed by atoms with van der Waals surface area (Å²) in [5.74, 6) is -0.693. The topological polar surface area (TPSA) is 90.8 Å². The van der Waals surface area contributed by atoms with Gasteiger partial charge in [0.1, 0.15) is 11.5 Å². The minimum atomic E-state index is -0.652. The molecule has 0 saturated carbocycles. The largest absolute Gasteiger partial charge is 0.508 e. The second-order valence-electron chi connectivity index (χ2n) is 5.27. The van der Waals surface area contributed by atoms with E-state index < -0.39 is 12.0 Å². The molecule has 4 N–H and O–H groups in total. The molecule has 118 valence electrons. The lowest BCUT2D eigenvalue weighted by molar-refractivity contribution is -0.143. The number of hydrogen-bond acceptors (Lipinski definition) is 5. The smallest absolute Gasteiger partial charge is 0.338 e. The molecule has 1 aliphatic heterocycles. The fourth-order valence-electron chi connectivity index (χ4n) is 2.25. The highest BCUT2D eigenvalue weighted by atomic mass is 32.1. The molecule has 1 aromatic carbocycles. The molecule has 0 aromatic heterocycles. The molecule has 0 fully saturated rings. The van der Waals surface area contributed by atoms with Crippen LogP contribution in [-0.2, 0) is 9.53 Å². The number of allylic oxidation sites excluding steroid dienone is 1. The van der Waals surface area contributed by atoms with Gasteiger partial charge in [0.05, 0.1) is 17.7 Å². The van der Waals surface area contributed by atoms with Crippen molar-refractivity contribution in [1.82, 2.24) is 10.6 Å². The van der Waals surface area contributed by atoms with Crippen molar-refractivity contribution in [1.29, 1.82) is 0 Å². The van der Waals surface area contributed by atoms with Gasteiger partial charge in [0.25, 0.3) is 0 Å². The number of thiocarbonyl (C=S) groups is 1. The molecule has 7 heteroatoms. The lowest BCUT2D eigenvalue weighted by Crippen LogP contribution is -2.45. The zero-order chi connectivity index (χ0) is 16.4. The molecule has 0 spiro atoms. The van der Waals surface area contributed by atoms with Crippen molar-refractivity contribution in [3.05, 3.63) is 35.0 Å². The van der Waals surface area contributed by atoms with E-state index in [4.69, 9.17) is 17.0 Å². The summed E-state index contributed by atoms with van der Waals surface area (Å²) in [6.45, 7) is 5.23. The van der Waals surface area contributed by atoms with Crippen molar-refractivity contribution in [3.8, 4) is 11.5 Å². The Balaban J connectivity index is 2.48. The number of aromatic hydroxyl groups is 2. The Kier molecular flexibility index (Phi) is 4.56. The maximum Gasteiger partial charge on any atom is 0.338 e. The number of rotatable bonds is 3. The third-order valence-corrected chi connectivity index (χ3v) is 3.38. The van der Waals surface area contributed by atoms with Crippen LogP contribution in [0.4, 0.5) is 0 Å². The van der Waals surface area contributed by atoms with Gasteiger partial charge in [-0.15, -0.1) is 0 Å². The van der Waals surface area contributed by atoms with Crippen molar-refractivity contribution in [3.63, 3.8) is 0 Å². The van der Waals surface area contributed by atoms with Gasteiger partial charge >= 0.3 is 5.97 Å². The second-order valence-corrected chi connectivity index (χ2v) is 5.68. The van der Waals surface area contributed by atoms with E-state index in [1.165, 1.54) is 18.2 Å². The van der Waals surface area contributed by atoms with Crippen LogP contribution >= 0.6 is 12.2 Å². The number of hydrogen-bond donors (Lipinski definition) is 4. The Morgan fingerprint density at radius 2 is 2.05 bits per heavy atom. The summed E-state index contributed by atoms with van der Waals surface area (Å²) in [5.41, 5.74) is 1.33. The molecule has 0 bridgehead atoms. The van der Waals surface area contributed by atoms with Crippen LogP contribution < -0.4 is 10.6 Å². The first kappa shape index (κ1) is 16.1. The van der Waals surface area contributed by atoms with E-state index in [9.17, 15) is 15.0 Å². The Morgan fingerprint density at radius 1 is 1.36 bits per heavy atom. The number of nitrogens with one attached hydrogen (secondary N) is 2. The van der Waals surface area contributed by atoms with Gasteiger partial charge in [0.2, 0.25) is 0 Å². The average molecular weight is 322 g/mol. The summed E-state index contributed by atoms with van der Waals surface area (Å²) in [7, 11) is 0. The Morgan fingerprint density at radius 3 is 2.64 bits per heavy atom. The van der Waals surface area contributed by atoms with Crippen molar-refractivity contribution in [2.24, 2.45) is 0 Å². The van der Waals surface area contributed by atoms with Gasteiger partial charge in [0.15, 0.2) is 5.11 Å². The quantitative estimate of drug-likeness (QED) is 0.498. The summed E-state index contributed by atoms with van der Waals surface area (Å²) in [6, 6.07) is 3.53. The number of carbonyl (C=O) groups excluding carboxylic acids is 1. The Bertz CT molecular complexity index is 655. The minimum absolute atomic E-state index is 0.0650. The van der Waals surface area contributed by atoms with Gasteiger partial charge in [-0.05, 0) is 45.1 Å². The molecule has 22 heavy (non-hydrogen) atoms. The molecule has 1 heterocycles. The van der Waals surface area contributed by atoms with E-state index in [0.29, 0.717) is 21.9 Å². The van der Waals surface area contributed by atoms with Crippen LogP contribution in [0.5, 0.6) is 11.5 Å². The zero-order valence-electron chi connectivity index (χ0n) is 12.5. The Labute approximate surface area is 133 Å². The van der Waals surface area contributed by atoms with Gasteiger partial charge in [0, 0.05) is 17.3 Å². The summed E-state index contributed by atoms with van der Waals surface area (Å²) >= 11 is 5.12. The fraction of sp³-hybridized carbons (Fsp3) is 0.333. The predicted molar refractivity (Wildman–Crippen MR) is 85.3 cm³/mol. The van der Waals surface area contributed by atoms with Crippen LogP contribution in [0.1, 0.15) is 32.4 Å². The molecular weight excluding hydrogens is 304 g/mol. The predicted octanol–water partition coefficient (Wildman–Crippen LogP) is 1.84. The number of ether oxygens (including phenoxy) is 1. The van der Waals surface area contributed by atoms with Crippen molar-refractivity contribution in [2.75, 3.05) is 0 Å². The molecule has 1 atom stereocenters. The van der Waals surface area contributed by atoms with Crippen molar-refractivity contribution in [2.45, 2.75) is 32.9 Å². The molecule has 0 amide bonds. The summed E-state index contributed by atoms with van der Waals surface area (Å²) in [4.78, 5) is 12.4. The molecule has 1 aliphatic rings. The summed E-state index contributed by atoms with van der Waals surface area (Å²) in [6.07, 6.45) is -0.268. The van der Waals surface area contributed by atoms with Crippen LogP contribution in [-0.4, -0.2) is 27.4 Å². The first-order chi connectivity index (χ1) is 10.3. The van der Waals surface area contributed by atoms with Gasteiger partial charge in [-0.2, -0.15) is 0 Å². The Hall–Kier alpha value is -2.28. The highest BCUT2D eigenvalue weighted by Gasteiger charge is 2.32. The molecule has 6 nitrogen and oxygen atoms in total.